The first-order chi connectivity index (χ1) is 10.7. The number of benzene rings is 1. The van der Waals surface area contributed by atoms with E-state index in [-0.39, 0.29) is 6.10 Å². The predicted octanol–water partition coefficient (Wildman–Crippen LogP) is 1.87. The smallest absolute Gasteiger partial charge is 0.0702 e. The zero-order valence-electron chi connectivity index (χ0n) is 13.0. The number of nitrogens with zero attached hydrogens (tertiary/aromatic N) is 3. The van der Waals surface area contributed by atoms with E-state index >= 15 is 0 Å². The Labute approximate surface area is 131 Å². The molecule has 22 heavy (non-hydrogen) atoms. The van der Waals surface area contributed by atoms with Gasteiger partial charge < -0.3 is 5.11 Å². The third kappa shape index (κ3) is 2.62. The Hall–Kier alpha value is -1.49. The number of pyridine rings is 1. The van der Waals surface area contributed by atoms with Gasteiger partial charge in [-0.1, -0.05) is 12.1 Å². The van der Waals surface area contributed by atoms with Crippen molar-refractivity contribution < 1.29 is 5.11 Å². The molecule has 4 nitrogen and oxygen atoms in total. The third-order valence-corrected chi connectivity index (χ3v) is 5.13. The Kier molecular flexibility index (Phi) is 3.60. The second-order valence-corrected chi connectivity index (χ2v) is 6.81. The van der Waals surface area contributed by atoms with Gasteiger partial charge in [0.25, 0.3) is 0 Å². The molecule has 3 atom stereocenters. The molecule has 4 rings (SSSR count). The Morgan fingerprint density at radius 2 is 2.14 bits per heavy atom. The van der Waals surface area contributed by atoms with Gasteiger partial charge in [-0.05, 0) is 37.1 Å². The summed E-state index contributed by atoms with van der Waals surface area (Å²) >= 11 is 0. The SMILES string of the molecule is C[C@@H]1CN2C[C@H](O)C[C@@H]2CN1Cc1ccc2ncccc2c1. The molecular formula is C18H23N3O. The van der Waals surface area contributed by atoms with Crippen molar-refractivity contribution in [3.63, 3.8) is 0 Å². The average Bonchev–Trinajstić information content (AvgIpc) is 2.86. The number of aromatic nitrogens is 1. The van der Waals surface area contributed by atoms with Crippen molar-refractivity contribution in [2.75, 3.05) is 19.6 Å². The standard InChI is InChI=1S/C18H23N3O/c1-13-9-21-12-17(22)8-16(21)11-20(13)10-14-4-5-18-15(7-14)3-2-6-19-18/h2-7,13,16-17,22H,8-12H2,1H3/t13-,16-,17-/m1/s1. The monoisotopic (exact) mass is 297 g/mol. The Morgan fingerprint density at radius 3 is 3.05 bits per heavy atom. The minimum Gasteiger partial charge on any atom is -0.392 e. The molecule has 2 saturated heterocycles. The largest absolute Gasteiger partial charge is 0.392 e. The minimum atomic E-state index is -0.135. The maximum absolute atomic E-state index is 9.87. The van der Waals surface area contributed by atoms with Crippen LogP contribution in [-0.2, 0) is 6.54 Å². The number of aliphatic hydroxyl groups is 1. The lowest BCUT2D eigenvalue weighted by Crippen LogP contribution is -2.54. The topological polar surface area (TPSA) is 39.6 Å². The van der Waals surface area contributed by atoms with E-state index in [1.54, 1.807) is 0 Å². The summed E-state index contributed by atoms with van der Waals surface area (Å²) in [6, 6.07) is 11.7. The fraction of sp³-hybridized carbons (Fsp3) is 0.500. The van der Waals surface area contributed by atoms with Crippen LogP contribution in [0.25, 0.3) is 10.9 Å². The molecule has 0 spiro atoms. The number of rotatable bonds is 2. The van der Waals surface area contributed by atoms with Crippen LogP contribution in [0.15, 0.2) is 36.5 Å². The van der Waals surface area contributed by atoms with Crippen molar-refractivity contribution in [2.45, 2.75) is 38.1 Å². The Bertz CT molecular complexity index is 674. The number of hydrogen-bond donors (Lipinski definition) is 1. The van der Waals surface area contributed by atoms with E-state index in [2.05, 4.69) is 46.0 Å². The van der Waals surface area contributed by atoms with Crippen molar-refractivity contribution in [2.24, 2.45) is 0 Å². The second-order valence-electron chi connectivity index (χ2n) is 6.81. The molecule has 0 radical (unpaired) electrons. The summed E-state index contributed by atoms with van der Waals surface area (Å²) < 4.78 is 0. The number of aliphatic hydroxyl groups excluding tert-OH is 1. The van der Waals surface area contributed by atoms with Crippen LogP contribution in [0.1, 0.15) is 18.9 Å². The third-order valence-electron chi connectivity index (χ3n) is 5.13. The molecule has 0 bridgehead atoms. The zero-order chi connectivity index (χ0) is 15.1. The van der Waals surface area contributed by atoms with Crippen LogP contribution >= 0.6 is 0 Å². The summed E-state index contributed by atoms with van der Waals surface area (Å²) in [5.41, 5.74) is 2.40. The predicted molar refractivity (Wildman–Crippen MR) is 87.6 cm³/mol. The first-order valence-electron chi connectivity index (χ1n) is 8.19. The number of hydrogen-bond acceptors (Lipinski definition) is 4. The molecule has 0 unspecified atom stereocenters. The molecule has 0 saturated carbocycles. The first-order valence-corrected chi connectivity index (χ1v) is 8.19. The van der Waals surface area contributed by atoms with Crippen LogP contribution in [0.5, 0.6) is 0 Å². The maximum atomic E-state index is 9.87. The average molecular weight is 297 g/mol. The molecule has 1 aromatic heterocycles. The molecule has 0 amide bonds. The van der Waals surface area contributed by atoms with Gasteiger partial charge in [0.1, 0.15) is 0 Å². The summed E-state index contributed by atoms with van der Waals surface area (Å²) in [6.07, 6.45) is 2.63. The minimum absolute atomic E-state index is 0.135. The van der Waals surface area contributed by atoms with Gasteiger partial charge in [-0.2, -0.15) is 0 Å². The first kappa shape index (κ1) is 14.1. The number of fused-ring (bicyclic) bond motifs is 2. The molecule has 4 heteroatoms. The molecule has 2 aromatic rings. The molecular weight excluding hydrogens is 274 g/mol. The molecule has 3 heterocycles. The lowest BCUT2D eigenvalue weighted by atomic mass is 10.1. The van der Waals surface area contributed by atoms with Crippen LogP contribution in [-0.4, -0.2) is 57.7 Å². The van der Waals surface area contributed by atoms with Gasteiger partial charge in [-0.3, -0.25) is 14.8 Å². The lowest BCUT2D eigenvalue weighted by Gasteiger charge is -2.42. The van der Waals surface area contributed by atoms with Crippen molar-refractivity contribution in [3.05, 3.63) is 42.1 Å². The van der Waals surface area contributed by atoms with Crippen LogP contribution in [0.3, 0.4) is 0 Å². The van der Waals surface area contributed by atoms with Crippen molar-refractivity contribution in [1.29, 1.82) is 0 Å². The molecule has 116 valence electrons. The molecule has 2 aliphatic heterocycles. The van der Waals surface area contributed by atoms with E-state index in [1.165, 1.54) is 10.9 Å². The number of piperazine rings is 1. The molecule has 1 N–H and O–H groups in total. The van der Waals surface area contributed by atoms with E-state index in [1.807, 2.05) is 12.3 Å². The highest BCUT2D eigenvalue weighted by molar-refractivity contribution is 5.78. The van der Waals surface area contributed by atoms with Crippen LogP contribution < -0.4 is 0 Å². The van der Waals surface area contributed by atoms with Crippen molar-refractivity contribution in [1.82, 2.24) is 14.8 Å². The lowest BCUT2D eigenvalue weighted by molar-refractivity contribution is 0.0529. The van der Waals surface area contributed by atoms with Gasteiger partial charge in [-0.25, -0.2) is 0 Å². The normalized spacial score (nSPS) is 29.8. The molecule has 1 aromatic carbocycles. The maximum Gasteiger partial charge on any atom is 0.0702 e. The van der Waals surface area contributed by atoms with E-state index < -0.39 is 0 Å². The van der Waals surface area contributed by atoms with E-state index in [9.17, 15) is 5.11 Å². The van der Waals surface area contributed by atoms with E-state index in [4.69, 9.17) is 0 Å². The summed E-state index contributed by atoms with van der Waals surface area (Å²) in [6.45, 7) is 6.25. The van der Waals surface area contributed by atoms with Crippen molar-refractivity contribution >= 4 is 10.9 Å². The van der Waals surface area contributed by atoms with Crippen LogP contribution in [0, 0.1) is 0 Å². The summed E-state index contributed by atoms with van der Waals surface area (Å²) in [4.78, 5) is 9.39. The van der Waals surface area contributed by atoms with E-state index in [0.29, 0.717) is 12.1 Å². The Balaban J connectivity index is 1.51. The Morgan fingerprint density at radius 1 is 1.23 bits per heavy atom. The van der Waals surface area contributed by atoms with Crippen LogP contribution in [0.4, 0.5) is 0 Å². The van der Waals surface area contributed by atoms with Gasteiger partial charge in [0.15, 0.2) is 0 Å². The van der Waals surface area contributed by atoms with Crippen molar-refractivity contribution in [3.8, 4) is 0 Å². The fourth-order valence-corrected chi connectivity index (χ4v) is 3.95. The van der Waals surface area contributed by atoms with E-state index in [0.717, 1.165) is 38.1 Å². The summed E-state index contributed by atoms with van der Waals surface area (Å²) in [7, 11) is 0. The van der Waals surface area contributed by atoms with Gasteiger partial charge in [0.05, 0.1) is 11.6 Å². The van der Waals surface area contributed by atoms with Gasteiger partial charge in [0, 0.05) is 49.8 Å². The van der Waals surface area contributed by atoms with Gasteiger partial charge in [-0.15, -0.1) is 0 Å². The highest BCUT2D eigenvalue weighted by Gasteiger charge is 2.37. The molecule has 2 fully saturated rings. The summed E-state index contributed by atoms with van der Waals surface area (Å²) in [5, 5.41) is 11.1. The molecule has 2 aliphatic rings. The highest BCUT2D eigenvalue weighted by atomic mass is 16.3. The fourth-order valence-electron chi connectivity index (χ4n) is 3.95. The van der Waals surface area contributed by atoms with Crippen LogP contribution in [0.2, 0.25) is 0 Å². The molecule has 0 aliphatic carbocycles. The highest BCUT2D eigenvalue weighted by Crippen LogP contribution is 2.26. The van der Waals surface area contributed by atoms with Gasteiger partial charge in [0.2, 0.25) is 0 Å². The summed E-state index contributed by atoms with van der Waals surface area (Å²) in [5.74, 6) is 0. The quantitative estimate of drug-likeness (QED) is 0.919. The second kappa shape index (κ2) is 5.61. The zero-order valence-corrected chi connectivity index (χ0v) is 13.0. The van der Waals surface area contributed by atoms with Gasteiger partial charge >= 0.3 is 0 Å².